The van der Waals surface area contributed by atoms with Crippen LogP contribution in [0.5, 0.6) is 0 Å². The number of carbonyl (C=O) groups is 1. The SMILES string of the molecule is CC1(C)O[C@H]2[C@H](CN(C(=O)OCc3ccccc3)C[C@@H]2Sc2cncc(C(F)(F)F)n2)O1. The summed E-state index contributed by atoms with van der Waals surface area (Å²) in [5, 5.41) is -0.325. The number of carbonyl (C=O) groups excluding carboxylic acids is 1. The van der Waals surface area contributed by atoms with Crippen LogP contribution in [0.2, 0.25) is 0 Å². The predicted octanol–water partition coefficient (Wildman–Crippen LogP) is 4.13. The van der Waals surface area contributed by atoms with Crippen molar-refractivity contribution in [2.24, 2.45) is 0 Å². The maximum absolute atomic E-state index is 13.0. The van der Waals surface area contributed by atoms with E-state index >= 15 is 0 Å². The Hall–Kier alpha value is -2.37. The van der Waals surface area contributed by atoms with E-state index in [0.717, 1.165) is 17.3 Å². The zero-order valence-corrected chi connectivity index (χ0v) is 18.2. The second-order valence-electron chi connectivity index (χ2n) is 7.98. The summed E-state index contributed by atoms with van der Waals surface area (Å²) in [6, 6.07) is 9.27. The zero-order valence-electron chi connectivity index (χ0n) is 17.4. The van der Waals surface area contributed by atoms with E-state index in [0.29, 0.717) is 6.20 Å². The summed E-state index contributed by atoms with van der Waals surface area (Å²) in [5.74, 6) is -0.877. The molecule has 3 heterocycles. The topological polar surface area (TPSA) is 73.8 Å². The number of aromatic nitrogens is 2. The Morgan fingerprint density at radius 1 is 1.22 bits per heavy atom. The molecular weight excluding hydrogens is 447 g/mol. The molecule has 3 atom stereocenters. The quantitative estimate of drug-likeness (QED) is 0.667. The number of fused-ring (bicyclic) bond motifs is 1. The molecule has 1 aromatic carbocycles. The van der Waals surface area contributed by atoms with Gasteiger partial charge in [0.2, 0.25) is 0 Å². The van der Waals surface area contributed by atoms with E-state index in [1.165, 1.54) is 11.1 Å². The van der Waals surface area contributed by atoms with Crippen LogP contribution < -0.4 is 0 Å². The van der Waals surface area contributed by atoms with Crippen LogP contribution in [0.15, 0.2) is 47.8 Å². The number of benzene rings is 1. The number of ether oxygens (including phenoxy) is 3. The van der Waals surface area contributed by atoms with Crippen LogP contribution in [0.4, 0.5) is 18.0 Å². The van der Waals surface area contributed by atoms with Gasteiger partial charge in [-0.3, -0.25) is 4.98 Å². The molecule has 4 rings (SSSR count). The summed E-state index contributed by atoms with van der Waals surface area (Å²) >= 11 is 1.08. The van der Waals surface area contributed by atoms with E-state index in [1.54, 1.807) is 13.8 Å². The molecule has 2 aliphatic heterocycles. The van der Waals surface area contributed by atoms with Crippen molar-refractivity contribution in [2.75, 3.05) is 13.1 Å². The number of alkyl halides is 3. The molecule has 0 spiro atoms. The number of likely N-dealkylation sites (tertiary alicyclic amines) is 1. The predicted molar refractivity (Wildman–Crippen MR) is 109 cm³/mol. The van der Waals surface area contributed by atoms with E-state index in [1.807, 2.05) is 30.3 Å². The highest BCUT2D eigenvalue weighted by Gasteiger charge is 2.50. The zero-order chi connectivity index (χ0) is 22.9. The third-order valence-corrected chi connectivity index (χ3v) is 6.19. The standard InChI is InChI=1S/C21H22F3N3O4S/c1-20(2)30-14-10-27(19(28)29-12-13-6-4-3-5-7-13)11-15(18(14)31-20)32-17-9-25-8-16(26-17)21(22,23)24/h3-9,14-15,18H,10-12H2,1-2H3/t14-,15-,18-/m0/s1. The number of hydrogen-bond donors (Lipinski definition) is 0. The van der Waals surface area contributed by atoms with E-state index < -0.39 is 41.2 Å². The smallest absolute Gasteiger partial charge is 0.434 e. The minimum absolute atomic E-state index is 0.0939. The number of rotatable bonds is 4. The van der Waals surface area contributed by atoms with E-state index in [-0.39, 0.29) is 24.7 Å². The van der Waals surface area contributed by atoms with Gasteiger partial charge in [0.25, 0.3) is 0 Å². The van der Waals surface area contributed by atoms with Crippen LogP contribution in [0.25, 0.3) is 0 Å². The highest BCUT2D eigenvalue weighted by atomic mass is 32.2. The Labute approximate surface area is 187 Å². The Morgan fingerprint density at radius 3 is 2.69 bits per heavy atom. The molecule has 0 saturated carbocycles. The van der Waals surface area contributed by atoms with Crippen molar-refractivity contribution in [3.8, 4) is 0 Å². The lowest BCUT2D eigenvalue weighted by Crippen LogP contribution is -2.54. The van der Waals surface area contributed by atoms with Crippen molar-refractivity contribution >= 4 is 17.9 Å². The Morgan fingerprint density at radius 2 is 1.97 bits per heavy atom. The molecule has 0 bridgehead atoms. The molecule has 2 aliphatic rings. The van der Waals surface area contributed by atoms with Crippen LogP contribution in [-0.2, 0) is 27.0 Å². The molecule has 1 amide bonds. The van der Waals surface area contributed by atoms with Gasteiger partial charge in [-0.15, -0.1) is 0 Å². The summed E-state index contributed by atoms with van der Waals surface area (Å²) in [7, 11) is 0. The van der Waals surface area contributed by atoms with Gasteiger partial charge in [0, 0.05) is 6.54 Å². The van der Waals surface area contributed by atoms with Crippen molar-refractivity contribution in [2.45, 2.75) is 54.9 Å². The first-order valence-electron chi connectivity index (χ1n) is 9.98. The fourth-order valence-electron chi connectivity index (χ4n) is 3.69. The molecule has 1 aromatic heterocycles. The lowest BCUT2D eigenvalue weighted by atomic mass is 10.1. The molecule has 11 heteroatoms. The summed E-state index contributed by atoms with van der Waals surface area (Å²) < 4.78 is 56.5. The number of thioether (sulfide) groups is 1. The monoisotopic (exact) mass is 469 g/mol. The molecule has 2 saturated heterocycles. The molecule has 0 unspecified atom stereocenters. The minimum atomic E-state index is -4.60. The van der Waals surface area contributed by atoms with Crippen LogP contribution in [-0.4, -0.2) is 57.3 Å². The van der Waals surface area contributed by atoms with Crippen LogP contribution in [0.3, 0.4) is 0 Å². The minimum Gasteiger partial charge on any atom is -0.445 e. The maximum Gasteiger partial charge on any atom is 0.434 e. The van der Waals surface area contributed by atoms with Gasteiger partial charge in [0.15, 0.2) is 11.5 Å². The molecule has 2 fully saturated rings. The summed E-state index contributed by atoms with van der Waals surface area (Å²) in [5.41, 5.74) is -0.222. The lowest BCUT2D eigenvalue weighted by molar-refractivity contribution is -0.144. The van der Waals surface area contributed by atoms with Crippen molar-refractivity contribution in [1.29, 1.82) is 0 Å². The number of halogens is 3. The van der Waals surface area contributed by atoms with Crippen LogP contribution >= 0.6 is 11.8 Å². The molecule has 7 nitrogen and oxygen atoms in total. The van der Waals surface area contributed by atoms with E-state index in [2.05, 4.69) is 9.97 Å². The Balaban J connectivity index is 1.49. The number of hydrogen-bond acceptors (Lipinski definition) is 7. The molecule has 32 heavy (non-hydrogen) atoms. The normalized spacial score (nSPS) is 24.8. The Kier molecular flexibility index (Phi) is 6.33. The molecule has 2 aromatic rings. The molecule has 172 valence electrons. The van der Waals surface area contributed by atoms with Crippen molar-refractivity contribution < 1.29 is 32.2 Å². The largest absolute Gasteiger partial charge is 0.445 e. The maximum atomic E-state index is 13.0. The molecule has 0 aliphatic carbocycles. The van der Waals surface area contributed by atoms with Crippen LogP contribution in [0, 0.1) is 0 Å². The molecular formula is C21H22F3N3O4S. The average Bonchev–Trinajstić information content (AvgIpc) is 3.06. The summed E-state index contributed by atoms with van der Waals surface area (Å²) in [6.45, 7) is 4.10. The van der Waals surface area contributed by atoms with Crippen LogP contribution in [0.1, 0.15) is 25.1 Å². The molecule has 0 N–H and O–H groups in total. The first-order chi connectivity index (χ1) is 15.1. The van der Waals surface area contributed by atoms with E-state index in [4.69, 9.17) is 14.2 Å². The van der Waals surface area contributed by atoms with Crippen molar-refractivity contribution in [3.05, 3.63) is 54.0 Å². The summed E-state index contributed by atoms with van der Waals surface area (Å²) in [4.78, 5) is 21.6. The Bertz CT molecular complexity index is 961. The highest BCUT2D eigenvalue weighted by Crippen LogP contribution is 2.40. The van der Waals surface area contributed by atoms with Gasteiger partial charge in [-0.05, 0) is 19.4 Å². The number of piperidine rings is 1. The first kappa shape index (κ1) is 22.8. The van der Waals surface area contributed by atoms with Gasteiger partial charge in [0.1, 0.15) is 23.8 Å². The van der Waals surface area contributed by atoms with Gasteiger partial charge in [0.05, 0.1) is 24.2 Å². The third kappa shape index (κ3) is 5.33. The van der Waals surface area contributed by atoms with E-state index in [9.17, 15) is 18.0 Å². The van der Waals surface area contributed by atoms with Gasteiger partial charge >= 0.3 is 12.3 Å². The lowest BCUT2D eigenvalue weighted by Gasteiger charge is -2.37. The summed E-state index contributed by atoms with van der Waals surface area (Å²) in [6.07, 6.45) is -4.05. The van der Waals surface area contributed by atoms with Crippen molar-refractivity contribution in [1.82, 2.24) is 14.9 Å². The number of amides is 1. The fraction of sp³-hybridized carbons (Fsp3) is 0.476. The molecule has 0 radical (unpaired) electrons. The second-order valence-corrected chi connectivity index (χ2v) is 9.24. The number of nitrogens with zero attached hydrogens (tertiary/aromatic N) is 3. The van der Waals surface area contributed by atoms with Gasteiger partial charge in [-0.2, -0.15) is 13.2 Å². The van der Waals surface area contributed by atoms with Gasteiger partial charge < -0.3 is 19.1 Å². The average molecular weight is 469 g/mol. The fourth-order valence-corrected chi connectivity index (χ4v) is 4.90. The highest BCUT2D eigenvalue weighted by molar-refractivity contribution is 8.00. The first-order valence-corrected chi connectivity index (χ1v) is 10.9. The third-order valence-electron chi connectivity index (χ3n) is 5.03. The second kappa shape index (κ2) is 8.87. The van der Waals surface area contributed by atoms with Crippen molar-refractivity contribution in [3.63, 3.8) is 0 Å². The van der Waals surface area contributed by atoms with Gasteiger partial charge in [-0.1, -0.05) is 42.1 Å². The van der Waals surface area contributed by atoms with Gasteiger partial charge in [-0.25, -0.2) is 9.78 Å².